The highest BCUT2D eigenvalue weighted by atomic mass is 35.5. The van der Waals surface area contributed by atoms with Gasteiger partial charge in [0.25, 0.3) is 0 Å². The first-order valence-electron chi connectivity index (χ1n) is 5.88. The summed E-state index contributed by atoms with van der Waals surface area (Å²) >= 11 is 12.0. The third kappa shape index (κ3) is 3.31. The van der Waals surface area contributed by atoms with Crippen molar-refractivity contribution in [3.63, 3.8) is 0 Å². The maximum atomic E-state index is 11.8. The maximum Gasteiger partial charge on any atom is 0.354 e. The van der Waals surface area contributed by atoms with Crippen molar-refractivity contribution in [2.24, 2.45) is 0 Å². The number of aromatic nitrogens is 1. The molecule has 0 aliphatic rings. The third-order valence-corrected chi connectivity index (χ3v) is 3.26. The molecule has 0 radical (unpaired) electrons. The number of benzene rings is 1. The summed E-state index contributed by atoms with van der Waals surface area (Å²) in [4.78, 5) is 11.8. The molecule has 0 amide bonds. The summed E-state index contributed by atoms with van der Waals surface area (Å²) in [5.41, 5.74) is 1.40. The van der Waals surface area contributed by atoms with E-state index in [1.54, 1.807) is 35.8 Å². The summed E-state index contributed by atoms with van der Waals surface area (Å²) in [7, 11) is 0. The molecule has 19 heavy (non-hydrogen) atoms. The van der Waals surface area contributed by atoms with Crippen LogP contribution in [-0.4, -0.2) is 17.1 Å². The maximum absolute atomic E-state index is 11.8. The van der Waals surface area contributed by atoms with Gasteiger partial charge in [-0.1, -0.05) is 29.3 Å². The smallest absolute Gasteiger partial charge is 0.354 e. The molecule has 0 aliphatic carbocycles. The number of hydrogen-bond donors (Lipinski definition) is 0. The van der Waals surface area contributed by atoms with E-state index in [2.05, 4.69) is 0 Å². The molecule has 0 saturated carbocycles. The summed E-state index contributed by atoms with van der Waals surface area (Å²) in [6.07, 6.45) is 1.82. The zero-order valence-corrected chi connectivity index (χ0v) is 11.9. The van der Waals surface area contributed by atoms with Crippen molar-refractivity contribution < 1.29 is 9.53 Å². The van der Waals surface area contributed by atoms with E-state index in [9.17, 15) is 4.79 Å². The minimum Gasteiger partial charge on any atom is -0.461 e. The molecule has 0 fully saturated rings. The number of halogens is 2. The topological polar surface area (TPSA) is 31.2 Å². The molecule has 1 aromatic carbocycles. The van der Waals surface area contributed by atoms with Crippen LogP contribution in [0.2, 0.25) is 10.0 Å². The Morgan fingerprint density at radius 3 is 2.79 bits per heavy atom. The van der Waals surface area contributed by atoms with Gasteiger partial charge in [-0.25, -0.2) is 4.79 Å². The van der Waals surface area contributed by atoms with Crippen molar-refractivity contribution >= 4 is 29.2 Å². The molecule has 100 valence electrons. The van der Waals surface area contributed by atoms with Gasteiger partial charge < -0.3 is 9.30 Å². The van der Waals surface area contributed by atoms with E-state index in [4.69, 9.17) is 27.9 Å². The number of carbonyl (C=O) groups excluding carboxylic acids is 1. The number of esters is 1. The second kappa shape index (κ2) is 6.13. The Hall–Kier alpha value is -1.45. The number of ether oxygens (including phenoxy) is 1. The average molecular weight is 298 g/mol. The predicted octanol–water partition coefficient (Wildman–Crippen LogP) is 4.02. The molecule has 1 aromatic heterocycles. The molecule has 0 N–H and O–H groups in total. The monoisotopic (exact) mass is 297 g/mol. The number of hydrogen-bond acceptors (Lipinski definition) is 2. The van der Waals surface area contributed by atoms with Gasteiger partial charge in [0.15, 0.2) is 0 Å². The summed E-state index contributed by atoms with van der Waals surface area (Å²) in [5, 5.41) is 1.17. The highest BCUT2D eigenvalue weighted by molar-refractivity contribution is 6.35. The summed E-state index contributed by atoms with van der Waals surface area (Å²) in [5.74, 6) is -0.336. The van der Waals surface area contributed by atoms with E-state index in [0.717, 1.165) is 5.56 Å². The van der Waals surface area contributed by atoms with Crippen LogP contribution in [-0.2, 0) is 11.3 Å². The number of rotatable bonds is 4. The highest BCUT2D eigenvalue weighted by Gasteiger charge is 2.12. The van der Waals surface area contributed by atoms with Crippen molar-refractivity contribution in [2.45, 2.75) is 13.5 Å². The first kappa shape index (κ1) is 14.0. The van der Waals surface area contributed by atoms with Crippen molar-refractivity contribution in [3.05, 3.63) is 57.8 Å². The van der Waals surface area contributed by atoms with E-state index in [-0.39, 0.29) is 5.97 Å². The Kier molecular flexibility index (Phi) is 4.51. The molecule has 1 heterocycles. The lowest BCUT2D eigenvalue weighted by molar-refractivity contribution is 0.0514. The second-order valence-electron chi connectivity index (χ2n) is 3.98. The van der Waals surface area contributed by atoms with E-state index < -0.39 is 0 Å². The molecule has 3 nitrogen and oxygen atoms in total. The summed E-state index contributed by atoms with van der Waals surface area (Å²) in [6.45, 7) is 2.63. The zero-order chi connectivity index (χ0) is 13.8. The SMILES string of the molecule is CCOC(=O)c1cccn1Cc1ccc(Cl)cc1Cl. The van der Waals surface area contributed by atoms with Gasteiger partial charge in [0.1, 0.15) is 5.69 Å². The van der Waals surface area contributed by atoms with Crippen LogP contribution in [0.3, 0.4) is 0 Å². The van der Waals surface area contributed by atoms with Crippen LogP contribution in [0.25, 0.3) is 0 Å². The zero-order valence-electron chi connectivity index (χ0n) is 10.4. The Labute approximate surface area is 121 Å². The molecular weight excluding hydrogens is 285 g/mol. The number of carbonyl (C=O) groups is 1. The minimum atomic E-state index is -0.336. The lowest BCUT2D eigenvalue weighted by Crippen LogP contribution is -2.12. The second-order valence-corrected chi connectivity index (χ2v) is 4.82. The third-order valence-electron chi connectivity index (χ3n) is 2.67. The summed E-state index contributed by atoms with van der Waals surface area (Å²) in [6, 6.07) is 8.83. The minimum absolute atomic E-state index is 0.336. The summed E-state index contributed by atoms with van der Waals surface area (Å²) < 4.78 is 6.80. The molecule has 2 aromatic rings. The van der Waals surface area contributed by atoms with Crippen LogP contribution in [0.1, 0.15) is 23.0 Å². The Bertz CT molecular complexity index is 593. The van der Waals surface area contributed by atoms with Crippen LogP contribution < -0.4 is 0 Å². The molecule has 0 saturated heterocycles. The van der Waals surface area contributed by atoms with Gasteiger partial charge in [-0.15, -0.1) is 0 Å². The molecular formula is C14H13Cl2NO2. The fourth-order valence-corrected chi connectivity index (χ4v) is 2.24. The average Bonchev–Trinajstić information content (AvgIpc) is 2.81. The molecule has 0 bridgehead atoms. The first-order valence-corrected chi connectivity index (χ1v) is 6.63. The van der Waals surface area contributed by atoms with Crippen molar-refractivity contribution in [3.8, 4) is 0 Å². The highest BCUT2D eigenvalue weighted by Crippen LogP contribution is 2.22. The Balaban J connectivity index is 2.24. The van der Waals surface area contributed by atoms with Crippen LogP contribution in [0.5, 0.6) is 0 Å². The Morgan fingerprint density at radius 1 is 1.32 bits per heavy atom. The van der Waals surface area contributed by atoms with Crippen molar-refractivity contribution in [2.75, 3.05) is 6.61 Å². The van der Waals surface area contributed by atoms with Gasteiger partial charge in [-0.05, 0) is 36.8 Å². The number of nitrogens with zero attached hydrogens (tertiary/aromatic N) is 1. The molecule has 0 unspecified atom stereocenters. The first-order chi connectivity index (χ1) is 9.11. The lowest BCUT2D eigenvalue weighted by atomic mass is 10.2. The van der Waals surface area contributed by atoms with Gasteiger partial charge in [-0.3, -0.25) is 0 Å². The quantitative estimate of drug-likeness (QED) is 0.798. The van der Waals surface area contributed by atoms with Gasteiger partial charge in [-0.2, -0.15) is 0 Å². The van der Waals surface area contributed by atoms with E-state index >= 15 is 0 Å². The van der Waals surface area contributed by atoms with Gasteiger partial charge >= 0.3 is 5.97 Å². The van der Waals surface area contributed by atoms with Crippen LogP contribution in [0.15, 0.2) is 36.5 Å². The van der Waals surface area contributed by atoms with E-state index in [0.29, 0.717) is 28.9 Å². The van der Waals surface area contributed by atoms with Gasteiger partial charge in [0.05, 0.1) is 6.61 Å². The fraction of sp³-hybridized carbons (Fsp3) is 0.214. The Morgan fingerprint density at radius 2 is 2.11 bits per heavy atom. The van der Waals surface area contributed by atoms with Crippen molar-refractivity contribution in [1.29, 1.82) is 0 Å². The fourth-order valence-electron chi connectivity index (χ4n) is 1.78. The predicted molar refractivity (Wildman–Crippen MR) is 76.0 cm³/mol. The molecule has 2 rings (SSSR count). The van der Waals surface area contributed by atoms with Gasteiger partial charge in [0.2, 0.25) is 0 Å². The van der Waals surface area contributed by atoms with E-state index in [1.165, 1.54) is 0 Å². The lowest BCUT2D eigenvalue weighted by Gasteiger charge is -2.10. The van der Waals surface area contributed by atoms with Crippen LogP contribution >= 0.6 is 23.2 Å². The molecule has 5 heteroatoms. The van der Waals surface area contributed by atoms with E-state index in [1.807, 2.05) is 12.3 Å². The van der Waals surface area contributed by atoms with Crippen molar-refractivity contribution in [1.82, 2.24) is 4.57 Å². The van der Waals surface area contributed by atoms with Gasteiger partial charge in [0, 0.05) is 22.8 Å². The van der Waals surface area contributed by atoms with Crippen LogP contribution in [0, 0.1) is 0 Å². The molecule has 0 atom stereocenters. The normalized spacial score (nSPS) is 10.5. The largest absolute Gasteiger partial charge is 0.461 e. The molecule has 0 spiro atoms. The molecule has 0 aliphatic heterocycles. The standard InChI is InChI=1S/C14H13Cl2NO2/c1-2-19-14(18)13-4-3-7-17(13)9-10-5-6-11(15)8-12(10)16/h3-8H,2,9H2,1H3. The van der Waals surface area contributed by atoms with Crippen LogP contribution in [0.4, 0.5) is 0 Å².